The minimum Gasteiger partial charge on any atom is -0.326 e. The Morgan fingerprint density at radius 2 is 1.91 bits per heavy atom. The van der Waals surface area contributed by atoms with Crippen molar-refractivity contribution >= 4 is 22.9 Å². The molecule has 0 saturated carbocycles. The number of nitrogens with zero attached hydrogens (tertiary/aromatic N) is 1. The summed E-state index contributed by atoms with van der Waals surface area (Å²) < 4.78 is 0. The fourth-order valence-electron chi connectivity index (χ4n) is 2.91. The first-order valence-electron chi connectivity index (χ1n) is 7.92. The van der Waals surface area contributed by atoms with Gasteiger partial charge in [0.05, 0.1) is 0 Å². The van der Waals surface area contributed by atoms with E-state index in [-0.39, 0.29) is 11.8 Å². The quantitative estimate of drug-likeness (QED) is 0.914. The first kappa shape index (κ1) is 15.3. The van der Waals surface area contributed by atoms with Gasteiger partial charge in [0, 0.05) is 23.0 Å². The number of carbonyl (C=O) groups excluding carboxylic acids is 1. The van der Waals surface area contributed by atoms with Crippen molar-refractivity contribution in [3.63, 3.8) is 0 Å². The first-order valence-corrected chi connectivity index (χ1v) is 8.80. The summed E-state index contributed by atoms with van der Waals surface area (Å²) in [4.78, 5) is 16.2. The van der Waals surface area contributed by atoms with E-state index in [1.807, 2.05) is 41.7 Å². The van der Waals surface area contributed by atoms with Crippen LogP contribution in [0.4, 0.5) is 5.69 Å². The van der Waals surface area contributed by atoms with Gasteiger partial charge >= 0.3 is 0 Å². The number of hydrogen-bond donors (Lipinski definition) is 1. The fourth-order valence-corrected chi connectivity index (χ4v) is 3.61. The molecule has 1 aromatic heterocycles. The zero-order valence-corrected chi connectivity index (χ0v) is 13.5. The maximum Gasteiger partial charge on any atom is 0.227 e. The van der Waals surface area contributed by atoms with Crippen molar-refractivity contribution in [1.29, 1.82) is 0 Å². The Hall–Kier alpha value is -1.65. The topological polar surface area (TPSA) is 32.3 Å². The third-order valence-corrected chi connectivity index (χ3v) is 5.19. The zero-order chi connectivity index (χ0) is 15.2. The second-order valence-corrected chi connectivity index (χ2v) is 6.83. The van der Waals surface area contributed by atoms with Crippen molar-refractivity contribution in [3.05, 3.63) is 52.7 Å². The van der Waals surface area contributed by atoms with Gasteiger partial charge in [-0.25, -0.2) is 0 Å². The van der Waals surface area contributed by atoms with Gasteiger partial charge < -0.3 is 10.2 Å². The molecule has 3 rings (SSSR count). The largest absolute Gasteiger partial charge is 0.326 e. The number of nitrogens with one attached hydrogen (secondary N) is 1. The molecule has 3 nitrogen and oxygen atoms in total. The lowest BCUT2D eigenvalue weighted by molar-refractivity contribution is -0.121. The molecule has 1 aliphatic rings. The summed E-state index contributed by atoms with van der Waals surface area (Å²) in [6.07, 6.45) is 3.05. The van der Waals surface area contributed by atoms with E-state index in [9.17, 15) is 4.79 Å². The molecule has 1 fully saturated rings. The summed E-state index contributed by atoms with van der Waals surface area (Å²) in [5.41, 5.74) is 0.896. The molecule has 1 aromatic carbocycles. The number of thiophene rings is 1. The Kier molecular flexibility index (Phi) is 5.24. The van der Waals surface area contributed by atoms with E-state index in [1.165, 1.54) is 4.88 Å². The van der Waals surface area contributed by atoms with Crippen LogP contribution in [0.15, 0.2) is 47.8 Å². The predicted molar refractivity (Wildman–Crippen MR) is 92.3 cm³/mol. The molecule has 0 atom stereocenters. The van der Waals surface area contributed by atoms with E-state index < -0.39 is 0 Å². The van der Waals surface area contributed by atoms with Crippen LogP contribution in [0.5, 0.6) is 0 Å². The van der Waals surface area contributed by atoms with Gasteiger partial charge in [-0.05, 0) is 55.9 Å². The van der Waals surface area contributed by atoms with Crippen molar-refractivity contribution in [3.8, 4) is 0 Å². The highest BCUT2D eigenvalue weighted by molar-refractivity contribution is 7.09. The van der Waals surface area contributed by atoms with Gasteiger partial charge in [0.1, 0.15) is 0 Å². The number of likely N-dealkylation sites (tertiary alicyclic amines) is 1. The number of benzene rings is 1. The summed E-state index contributed by atoms with van der Waals surface area (Å²) in [6.45, 7) is 3.16. The zero-order valence-electron chi connectivity index (χ0n) is 12.7. The molecule has 22 heavy (non-hydrogen) atoms. The summed E-state index contributed by atoms with van der Waals surface area (Å²) in [5.74, 6) is 0.322. The molecule has 2 heterocycles. The molecular formula is C18H22N2OS. The van der Waals surface area contributed by atoms with Crippen LogP contribution >= 0.6 is 11.3 Å². The first-order chi connectivity index (χ1) is 10.8. The lowest BCUT2D eigenvalue weighted by Crippen LogP contribution is -2.39. The highest BCUT2D eigenvalue weighted by Crippen LogP contribution is 2.20. The molecule has 0 radical (unpaired) electrons. The Morgan fingerprint density at radius 3 is 2.59 bits per heavy atom. The summed E-state index contributed by atoms with van der Waals surface area (Å²) >= 11 is 1.83. The van der Waals surface area contributed by atoms with Crippen molar-refractivity contribution in [2.45, 2.75) is 19.3 Å². The van der Waals surface area contributed by atoms with Gasteiger partial charge in [0.15, 0.2) is 0 Å². The summed E-state index contributed by atoms with van der Waals surface area (Å²) in [7, 11) is 0. The minimum absolute atomic E-state index is 0.151. The molecule has 0 bridgehead atoms. The molecule has 4 heteroatoms. The highest BCUT2D eigenvalue weighted by atomic mass is 32.1. The Morgan fingerprint density at radius 1 is 1.14 bits per heavy atom. The van der Waals surface area contributed by atoms with E-state index in [4.69, 9.17) is 0 Å². The number of rotatable bonds is 5. The molecule has 1 N–H and O–H groups in total. The van der Waals surface area contributed by atoms with Gasteiger partial charge in [-0.15, -0.1) is 11.3 Å². The lowest BCUT2D eigenvalue weighted by Gasteiger charge is -2.31. The van der Waals surface area contributed by atoms with Crippen molar-refractivity contribution in [2.75, 3.05) is 25.0 Å². The molecule has 1 amide bonds. The Labute approximate surface area is 136 Å². The minimum atomic E-state index is 0.151. The van der Waals surface area contributed by atoms with Gasteiger partial charge in [-0.1, -0.05) is 24.3 Å². The van der Waals surface area contributed by atoms with Gasteiger partial charge in [0.25, 0.3) is 0 Å². The Balaban J connectivity index is 1.42. The van der Waals surface area contributed by atoms with E-state index in [0.717, 1.165) is 44.6 Å². The lowest BCUT2D eigenvalue weighted by atomic mass is 9.95. The highest BCUT2D eigenvalue weighted by Gasteiger charge is 2.24. The normalized spacial score (nSPS) is 16.5. The van der Waals surface area contributed by atoms with Gasteiger partial charge in [0.2, 0.25) is 5.91 Å². The van der Waals surface area contributed by atoms with E-state index >= 15 is 0 Å². The molecule has 0 aliphatic carbocycles. The van der Waals surface area contributed by atoms with E-state index in [1.54, 1.807) is 0 Å². The average molecular weight is 314 g/mol. The number of para-hydroxylation sites is 1. The van der Waals surface area contributed by atoms with Crippen molar-refractivity contribution in [1.82, 2.24) is 4.90 Å². The SMILES string of the molecule is O=C(Nc1ccccc1)C1CCN(CCc2cccs2)CC1. The molecule has 2 aromatic rings. The Bertz CT molecular complexity index is 574. The molecular weight excluding hydrogens is 292 g/mol. The third-order valence-electron chi connectivity index (χ3n) is 4.25. The number of anilines is 1. The number of piperidine rings is 1. The number of carbonyl (C=O) groups is 1. The fraction of sp³-hybridized carbons (Fsp3) is 0.389. The van der Waals surface area contributed by atoms with Crippen LogP contribution in [-0.4, -0.2) is 30.4 Å². The number of amides is 1. The third kappa shape index (κ3) is 4.18. The maximum atomic E-state index is 12.3. The van der Waals surface area contributed by atoms with Crippen LogP contribution in [0.3, 0.4) is 0 Å². The second kappa shape index (κ2) is 7.56. The van der Waals surface area contributed by atoms with Gasteiger partial charge in [-0.2, -0.15) is 0 Å². The van der Waals surface area contributed by atoms with Crippen LogP contribution in [0, 0.1) is 5.92 Å². The van der Waals surface area contributed by atoms with E-state index in [0.29, 0.717) is 0 Å². The predicted octanol–water partition coefficient (Wildman–Crippen LogP) is 3.64. The summed E-state index contributed by atoms with van der Waals surface area (Å²) in [5, 5.41) is 5.16. The van der Waals surface area contributed by atoms with E-state index in [2.05, 4.69) is 27.7 Å². The summed E-state index contributed by atoms with van der Waals surface area (Å²) in [6, 6.07) is 14.0. The molecule has 1 aliphatic heterocycles. The molecule has 116 valence electrons. The molecule has 0 spiro atoms. The van der Waals surface area contributed by atoms with Crippen LogP contribution < -0.4 is 5.32 Å². The number of hydrogen-bond acceptors (Lipinski definition) is 3. The van der Waals surface area contributed by atoms with Crippen LogP contribution in [0.2, 0.25) is 0 Å². The van der Waals surface area contributed by atoms with Gasteiger partial charge in [-0.3, -0.25) is 4.79 Å². The maximum absolute atomic E-state index is 12.3. The van der Waals surface area contributed by atoms with Crippen LogP contribution in [-0.2, 0) is 11.2 Å². The standard InChI is InChI=1S/C18H22N2OS/c21-18(19-16-5-2-1-3-6-16)15-8-11-20(12-9-15)13-10-17-7-4-14-22-17/h1-7,14-15H,8-13H2,(H,19,21). The van der Waals surface area contributed by atoms with Crippen LogP contribution in [0.25, 0.3) is 0 Å². The van der Waals surface area contributed by atoms with Crippen LogP contribution in [0.1, 0.15) is 17.7 Å². The van der Waals surface area contributed by atoms with Crippen molar-refractivity contribution < 1.29 is 4.79 Å². The smallest absolute Gasteiger partial charge is 0.227 e. The monoisotopic (exact) mass is 314 g/mol. The molecule has 1 saturated heterocycles. The second-order valence-electron chi connectivity index (χ2n) is 5.80. The van der Waals surface area contributed by atoms with Crippen molar-refractivity contribution in [2.24, 2.45) is 5.92 Å². The average Bonchev–Trinajstić information content (AvgIpc) is 3.08. The molecule has 0 unspecified atom stereocenters.